The van der Waals surface area contributed by atoms with Crippen LogP contribution in [0, 0.1) is 5.92 Å². The summed E-state index contributed by atoms with van der Waals surface area (Å²) in [5.74, 6) is 0.625. The van der Waals surface area contributed by atoms with Gasteiger partial charge in [-0.25, -0.2) is 4.39 Å². The Labute approximate surface area is 144 Å². The second-order valence-electron chi connectivity index (χ2n) is 6.15. The van der Waals surface area contributed by atoms with Crippen molar-refractivity contribution in [2.75, 3.05) is 26.2 Å². The van der Waals surface area contributed by atoms with Crippen LogP contribution in [-0.4, -0.2) is 37.1 Å². The van der Waals surface area contributed by atoms with Crippen LogP contribution in [0.4, 0.5) is 4.39 Å². The summed E-state index contributed by atoms with van der Waals surface area (Å²) in [6.07, 6.45) is 7.95. The summed E-state index contributed by atoms with van der Waals surface area (Å²) in [4.78, 5) is 2.55. The molecule has 136 valence electrons. The van der Waals surface area contributed by atoms with Crippen molar-refractivity contribution in [2.24, 2.45) is 5.92 Å². The van der Waals surface area contributed by atoms with Crippen LogP contribution < -0.4 is 5.32 Å². The van der Waals surface area contributed by atoms with Gasteiger partial charge < -0.3 is 5.32 Å². The van der Waals surface area contributed by atoms with Crippen LogP contribution in [0.15, 0.2) is 37.7 Å². The van der Waals surface area contributed by atoms with Crippen LogP contribution in [-0.2, 0) is 0 Å². The van der Waals surface area contributed by atoms with Crippen molar-refractivity contribution in [3.8, 4) is 0 Å². The topological polar surface area (TPSA) is 15.3 Å². The van der Waals surface area contributed by atoms with E-state index in [2.05, 4.69) is 50.7 Å². The number of hydrogen-bond donors (Lipinski definition) is 1. The van der Waals surface area contributed by atoms with Gasteiger partial charge in [0.15, 0.2) is 0 Å². The van der Waals surface area contributed by atoms with Gasteiger partial charge in [-0.05, 0) is 51.6 Å². The third-order valence-corrected chi connectivity index (χ3v) is 3.56. The second kappa shape index (κ2) is 17.4. The summed E-state index contributed by atoms with van der Waals surface area (Å²) in [6.45, 7) is 21.9. The van der Waals surface area contributed by atoms with Gasteiger partial charge in [0.2, 0.25) is 0 Å². The second-order valence-corrected chi connectivity index (χ2v) is 6.15. The van der Waals surface area contributed by atoms with Gasteiger partial charge in [-0.15, -0.1) is 19.7 Å². The summed E-state index contributed by atoms with van der Waals surface area (Å²) in [5, 5.41) is 3.40. The van der Waals surface area contributed by atoms with Crippen molar-refractivity contribution in [3.63, 3.8) is 0 Å². The lowest BCUT2D eigenvalue weighted by atomic mass is 10.0. The summed E-state index contributed by atoms with van der Waals surface area (Å²) in [7, 11) is 0. The molecule has 23 heavy (non-hydrogen) atoms. The van der Waals surface area contributed by atoms with Gasteiger partial charge in [-0.1, -0.05) is 32.9 Å². The van der Waals surface area contributed by atoms with Crippen LogP contribution in [0.1, 0.15) is 53.4 Å². The number of rotatable bonds is 7. The first-order chi connectivity index (χ1) is 11.0. The van der Waals surface area contributed by atoms with Crippen molar-refractivity contribution in [2.45, 2.75) is 59.4 Å². The van der Waals surface area contributed by atoms with E-state index in [9.17, 15) is 4.39 Å². The Kier molecular flexibility index (Phi) is 18.4. The third kappa shape index (κ3) is 15.7. The lowest BCUT2D eigenvalue weighted by Gasteiger charge is -2.35. The number of nitrogens with zero attached hydrogens (tertiary/aromatic N) is 1. The van der Waals surface area contributed by atoms with Gasteiger partial charge in [-0.2, -0.15) is 0 Å². The number of hydrogen-bond acceptors (Lipinski definition) is 2. The molecular weight excluding hydrogens is 287 g/mol. The van der Waals surface area contributed by atoms with Gasteiger partial charge in [0.25, 0.3) is 0 Å². The van der Waals surface area contributed by atoms with Crippen molar-refractivity contribution in [1.82, 2.24) is 10.2 Å². The van der Waals surface area contributed by atoms with Gasteiger partial charge in [0.1, 0.15) is 0 Å². The average molecular weight is 327 g/mol. The quantitative estimate of drug-likeness (QED) is 0.635. The molecule has 0 aliphatic carbocycles. The number of piperidine rings is 1. The SMILES string of the molecule is C/C(F)=C\CCN(CC(C)C)C1CCNCC1.C=C.C=CCC. The fourth-order valence-electron chi connectivity index (χ4n) is 2.49. The molecule has 3 heteroatoms. The Morgan fingerprint density at radius 1 is 1.30 bits per heavy atom. The van der Waals surface area contributed by atoms with Gasteiger partial charge in [0, 0.05) is 19.1 Å². The Balaban J connectivity index is 0. The van der Waals surface area contributed by atoms with Crippen LogP contribution in [0.2, 0.25) is 0 Å². The zero-order valence-corrected chi connectivity index (χ0v) is 15.9. The molecule has 1 saturated heterocycles. The first-order valence-corrected chi connectivity index (χ1v) is 8.89. The molecule has 0 unspecified atom stereocenters. The highest BCUT2D eigenvalue weighted by molar-refractivity contribution is 4.88. The lowest BCUT2D eigenvalue weighted by Crippen LogP contribution is -2.44. The molecule has 0 bridgehead atoms. The molecule has 2 nitrogen and oxygen atoms in total. The van der Waals surface area contributed by atoms with E-state index in [1.54, 1.807) is 6.08 Å². The predicted molar refractivity (Wildman–Crippen MR) is 104 cm³/mol. The van der Waals surface area contributed by atoms with E-state index in [-0.39, 0.29) is 5.83 Å². The molecule has 0 atom stereocenters. The molecule has 1 N–H and O–H groups in total. The van der Waals surface area contributed by atoms with Crippen LogP contribution in [0.5, 0.6) is 0 Å². The van der Waals surface area contributed by atoms with Gasteiger partial charge in [0.05, 0.1) is 5.83 Å². The monoisotopic (exact) mass is 326 g/mol. The van der Waals surface area contributed by atoms with E-state index in [0.717, 1.165) is 39.0 Å². The zero-order valence-electron chi connectivity index (χ0n) is 15.9. The first kappa shape index (κ1) is 24.3. The average Bonchev–Trinajstić information content (AvgIpc) is 2.56. The Morgan fingerprint density at radius 2 is 1.83 bits per heavy atom. The summed E-state index contributed by atoms with van der Waals surface area (Å²) >= 11 is 0. The molecule has 0 amide bonds. The standard InChI is InChI=1S/C14H27FN2.C4H8.C2H4/c1-12(2)11-17(10-4-5-13(3)15)14-6-8-16-9-7-14;1-3-4-2;1-2/h5,12,14,16H,4,6-11H2,1-3H3;3H,1,4H2,2H3;1-2H2/b13-5+;;. The highest BCUT2D eigenvalue weighted by Gasteiger charge is 2.20. The molecule has 1 heterocycles. The molecular formula is C20H39FN2. The van der Waals surface area contributed by atoms with E-state index in [1.807, 2.05) is 6.08 Å². The highest BCUT2D eigenvalue weighted by Crippen LogP contribution is 2.15. The largest absolute Gasteiger partial charge is 0.317 e. The molecule has 1 fully saturated rings. The van der Waals surface area contributed by atoms with Crippen molar-refractivity contribution in [1.29, 1.82) is 0 Å². The van der Waals surface area contributed by atoms with Crippen LogP contribution >= 0.6 is 0 Å². The molecule has 0 aromatic heterocycles. The Hall–Kier alpha value is -0.930. The minimum Gasteiger partial charge on any atom is -0.317 e. The molecule has 1 aliphatic heterocycles. The van der Waals surface area contributed by atoms with E-state index >= 15 is 0 Å². The molecule has 0 spiro atoms. The molecule has 0 radical (unpaired) electrons. The fraction of sp³-hybridized carbons (Fsp3) is 0.700. The zero-order chi connectivity index (χ0) is 18.1. The van der Waals surface area contributed by atoms with E-state index < -0.39 is 0 Å². The minimum absolute atomic E-state index is 0.0557. The van der Waals surface area contributed by atoms with Gasteiger partial charge >= 0.3 is 0 Å². The van der Waals surface area contributed by atoms with Crippen molar-refractivity contribution < 1.29 is 4.39 Å². The van der Waals surface area contributed by atoms with E-state index in [1.165, 1.54) is 19.8 Å². The number of halogens is 1. The summed E-state index contributed by atoms with van der Waals surface area (Å²) < 4.78 is 12.7. The Morgan fingerprint density at radius 3 is 2.22 bits per heavy atom. The van der Waals surface area contributed by atoms with Crippen molar-refractivity contribution >= 4 is 0 Å². The summed E-state index contributed by atoms with van der Waals surface area (Å²) in [5.41, 5.74) is 0. The van der Waals surface area contributed by atoms with Crippen molar-refractivity contribution in [3.05, 3.63) is 37.7 Å². The van der Waals surface area contributed by atoms with E-state index in [4.69, 9.17) is 0 Å². The normalized spacial score (nSPS) is 15.5. The predicted octanol–water partition coefficient (Wildman–Crippen LogP) is 5.34. The maximum Gasteiger partial charge on any atom is 0.0929 e. The highest BCUT2D eigenvalue weighted by atomic mass is 19.1. The number of allylic oxidation sites excluding steroid dienone is 2. The van der Waals surface area contributed by atoms with E-state index in [0.29, 0.717) is 12.0 Å². The van der Waals surface area contributed by atoms with Crippen LogP contribution in [0.3, 0.4) is 0 Å². The number of nitrogens with one attached hydrogen (secondary N) is 1. The molecule has 1 rings (SSSR count). The first-order valence-electron chi connectivity index (χ1n) is 8.89. The molecule has 0 aromatic carbocycles. The van der Waals surface area contributed by atoms with Crippen LogP contribution in [0.25, 0.3) is 0 Å². The minimum atomic E-state index is -0.0557. The third-order valence-electron chi connectivity index (χ3n) is 3.56. The lowest BCUT2D eigenvalue weighted by molar-refractivity contribution is 0.147. The molecule has 0 saturated carbocycles. The summed E-state index contributed by atoms with van der Waals surface area (Å²) in [6, 6.07) is 0.687. The maximum atomic E-state index is 12.7. The smallest absolute Gasteiger partial charge is 0.0929 e. The Bertz CT molecular complexity index is 290. The maximum absolute atomic E-state index is 12.7. The fourth-order valence-corrected chi connectivity index (χ4v) is 2.49. The van der Waals surface area contributed by atoms with Gasteiger partial charge in [-0.3, -0.25) is 4.90 Å². The molecule has 0 aromatic rings. The molecule has 1 aliphatic rings.